The molecule has 0 radical (unpaired) electrons. The summed E-state index contributed by atoms with van der Waals surface area (Å²) in [5.74, 6) is 1.08. The molecule has 0 bridgehead atoms. The van der Waals surface area contributed by atoms with Crippen molar-refractivity contribution < 1.29 is 29.0 Å². The van der Waals surface area contributed by atoms with Gasteiger partial charge in [0.1, 0.15) is 30.4 Å². The van der Waals surface area contributed by atoms with E-state index in [9.17, 15) is 14.8 Å². The van der Waals surface area contributed by atoms with E-state index in [1.807, 2.05) is 84.5 Å². The van der Waals surface area contributed by atoms with Crippen LogP contribution in [0.15, 0.2) is 103 Å². The summed E-state index contributed by atoms with van der Waals surface area (Å²) in [6.45, 7) is 3.53. The Labute approximate surface area is 295 Å². The molecule has 1 fully saturated rings. The quantitative estimate of drug-likeness (QED) is 0.0630. The zero-order chi connectivity index (χ0) is 35.2. The zero-order valence-electron chi connectivity index (χ0n) is 28.3. The van der Waals surface area contributed by atoms with Crippen molar-refractivity contribution in [2.24, 2.45) is 17.0 Å². The molecule has 11 heteroatoms. The second kappa shape index (κ2) is 15.4. The number of aromatic nitrogens is 3. The van der Waals surface area contributed by atoms with Gasteiger partial charge in [-0.3, -0.25) is 19.9 Å². The minimum Gasteiger partial charge on any atom is -0.491 e. The molecule has 2 amide bonds. The van der Waals surface area contributed by atoms with E-state index in [1.54, 1.807) is 12.4 Å². The van der Waals surface area contributed by atoms with Gasteiger partial charge in [-0.2, -0.15) is 5.10 Å². The van der Waals surface area contributed by atoms with Gasteiger partial charge in [0, 0.05) is 60.3 Å². The SMILES string of the molecule is CC(COCCOc1ccccc1COc1ccc(-n2cc(-c3ccc4c(c3)CC/C4=N\O)c(-c3ccncc3)n2)cc1)C1CC(=O)NC(=O)C1. The first-order chi connectivity index (χ1) is 24.9. The molecule has 2 N–H and O–H groups in total. The van der Waals surface area contributed by atoms with Crippen LogP contribution in [0.25, 0.3) is 28.1 Å². The smallest absolute Gasteiger partial charge is 0.226 e. The molecule has 51 heavy (non-hydrogen) atoms. The maximum Gasteiger partial charge on any atom is 0.226 e. The first-order valence-electron chi connectivity index (χ1n) is 17.1. The lowest BCUT2D eigenvalue weighted by Crippen LogP contribution is -2.41. The van der Waals surface area contributed by atoms with Gasteiger partial charge in [-0.1, -0.05) is 48.5 Å². The first-order valence-corrected chi connectivity index (χ1v) is 17.1. The highest BCUT2D eigenvalue weighted by Gasteiger charge is 2.29. The zero-order valence-corrected chi connectivity index (χ0v) is 28.3. The van der Waals surface area contributed by atoms with Crippen molar-refractivity contribution in [3.05, 3.63) is 114 Å². The van der Waals surface area contributed by atoms with Crippen LogP contribution in [0.4, 0.5) is 0 Å². The van der Waals surface area contributed by atoms with Crippen molar-refractivity contribution in [2.75, 3.05) is 19.8 Å². The fraction of sp³-hybridized carbons (Fsp3) is 0.275. The van der Waals surface area contributed by atoms with Gasteiger partial charge in [0.15, 0.2) is 0 Å². The number of benzene rings is 3. The fourth-order valence-corrected chi connectivity index (χ4v) is 6.63. The average molecular weight is 686 g/mol. The van der Waals surface area contributed by atoms with Crippen molar-refractivity contribution >= 4 is 17.5 Å². The van der Waals surface area contributed by atoms with Crippen molar-refractivity contribution in [3.8, 4) is 39.6 Å². The number of piperidine rings is 1. The maximum absolute atomic E-state index is 11.7. The minimum atomic E-state index is -0.217. The van der Waals surface area contributed by atoms with E-state index in [2.05, 4.69) is 27.6 Å². The van der Waals surface area contributed by atoms with Crippen molar-refractivity contribution in [1.82, 2.24) is 20.1 Å². The van der Waals surface area contributed by atoms with E-state index in [-0.39, 0.29) is 23.7 Å². The number of pyridine rings is 1. The summed E-state index contributed by atoms with van der Waals surface area (Å²) in [4.78, 5) is 27.6. The van der Waals surface area contributed by atoms with Gasteiger partial charge >= 0.3 is 0 Å². The van der Waals surface area contributed by atoms with Gasteiger partial charge in [0.2, 0.25) is 11.8 Å². The van der Waals surface area contributed by atoms with Crippen LogP contribution in [0.1, 0.15) is 42.9 Å². The summed E-state index contributed by atoms with van der Waals surface area (Å²) in [5.41, 5.74) is 8.51. The number of carbonyl (C=O) groups is 2. The van der Waals surface area contributed by atoms with Crippen molar-refractivity contribution in [3.63, 3.8) is 0 Å². The normalized spacial score (nSPS) is 15.8. The molecule has 2 aliphatic rings. The van der Waals surface area contributed by atoms with E-state index in [1.165, 1.54) is 0 Å². The summed E-state index contributed by atoms with van der Waals surface area (Å²) in [5, 5.41) is 20.2. The maximum atomic E-state index is 11.7. The Hall–Kier alpha value is -5.81. The lowest BCUT2D eigenvalue weighted by atomic mass is 9.86. The molecular weight excluding hydrogens is 646 g/mol. The monoisotopic (exact) mass is 685 g/mol. The van der Waals surface area contributed by atoms with Crippen LogP contribution in [0.2, 0.25) is 0 Å². The van der Waals surface area contributed by atoms with E-state index in [0.717, 1.165) is 69.1 Å². The summed E-state index contributed by atoms with van der Waals surface area (Å²) < 4.78 is 19.9. The molecule has 7 rings (SSSR count). The summed E-state index contributed by atoms with van der Waals surface area (Å²) >= 11 is 0. The number of aryl methyl sites for hydroxylation is 1. The van der Waals surface area contributed by atoms with Crippen LogP contribution in [-0.4, -0.2) is 57.3 Å². The van der Waals surface area contributed by atoms with Crippen LogP contribution in [0, 0.1) is 11.8 Å². The lowest BCUT2D eigenvalue weighted by Gasteiger charge is -2.26. The number of ether oxygens (including phenoxy) is 3. The van der Waals surface area contributed by atoms with E-state index >= 15 is 0 Å². The molecule has 260 valence electrons. The van der Waals surface area contributed by atoms with Gasteiger partial charge in [-0.25, -0.2) is 4.68 Å². The van der Waals surface area contributed by atoms with E-state index < -0.39 is 0 Å². The Morgan fingerprint density at radius 3 is 2.47 bits per heavy atom. The Morgan fingerprint density at radius 2 is 1.69 bits per heavy atom. The van der Waals surface area contributed by atoms with Crippen LogP contribution in [-0.2, 0) is 27.4 Å². The number of rotatable bonds is 13. The van der Waals surface area contributed by atoms with Crippen molar-refractivity contribution in [1.29, 1.82) is 0 Å². The molecular formula is C40H39N5O6. The van der Waals surface area contributed by atoms with E-state index in [0.29, 0.717) is 45.0 Å². The summed E-state index contributed by atoms with van der Waals surface area (Å²) in [6, 6.07) is 25.7. The standard InChI is InChI=1S/C40H39N5O6/c1-26(31-21-38(46)42-39(47)22-31)24-49-18-19-50-37-5-3-2-4-30(37)25-51-33-10-8-32(9-11-33)45-23-35(40(43-45)27-14-16-41-17-15-27)29-6-12-34-28(20-29)7-13-36(34)44-48/h2-6,8-12,14-17,20,23,26,31,48H,7,13,18-19,21-22,24-25H2,1H3,(H,42,46,47)/b44-36+. The van der Waals surface area contributed by atoms with Gasteiger partial charge in [-0.05, 0) is 78.3 Å². The van der Waals surface area contributed by atoms with Crippen LogP contribution in [0.5, 0.6) is 11.5 Å². The third-order valence-electron chi connectivity index (χ3n) is 9.46. The van der Waals surface area contributed by atoms with Gasteiger partial charge in [0.05, 0.1) is 18.0 Å². The number of amides is 2. The molecule has 1 aliphatic heterocycles. The fourth-order valence-electron chi connectivity index (χ4n) is 6.63. The number of oxime groups is 1. The Balaban J connectivity index is 0.978. The topological polar surface area (TPSA) is 137 Å². The molecule has 0 saturated carbocycles. The molecule has 5 aromatic rings. The van der Waals surface area contributed by atoms with Gasteiger partial charge in [0.25, 0.3) is 0 Å². The minimum absolute atomic E-state index is 0.00563. The number of imide groups is 1. The molecule has 3 aromatic carbocycles. The number of para-hydroxylation sites is 1. The highest BCUT2D eigenvalue weighted by atomic mass is 16.5. The van der Waals surface area contributed by atoms with Gasteiger partial charge < -0.3 is 19.4 Å². The number of hydrogen-bond donors (Lipinski definition) is 2. The summed E-state index contributed by atoms with van der Waals surface area (Å²) in [6.07, 6.45) is 7.82. The molecule has 1 saturated heterocycles. The third kappa shape index (κ3) is 7.84. The highest BCUT2D eigenvalue weighted by Crippen LogP contribution is 2.35. The lowest BCUT2D eigenvalue weighted by molar-refractivity contribution is -0.136. The molecule has 3 heterocycles. The average Bonchev–Trinajstić information content (AvgIpc) is 3.79. The van der Waals surface area contributed by atoms with E-state index in [4.69, 9.17) is 19.3 Å². The van der Waals surface area contributed by atoms with Crippen LogP contribution < -0.4 is 14.8 Å². The van der Waals surface area contributed by atoms with Crippen molar-refractivity contribution in [2.45, 2.75) is 39.2 Å². The molecule has 1 aliphatic carbocycles. The third-order valence-corrected chi connectivity index (χ3v) is 9.46. The predicted molar refractivity (Wildman–Crippen MR) is 191 cm³/mol. The summed E-state index contributed by atoms with van der Waals surface area (Å²) in [7, 11) is 0. The number of fused-ring (bicyclic) bond motifs is 1. The molecule has 2 aromatic heterocycles. The molecule has 1 unspecified atom stereocenters. The van der Waals surface area contributed by atoms with Crippen LogP contribution >= 0.6 is 0 Å². The second-order valence-corrected chi connectivity index (χ2v) is 12.9. The number of nitrogens with one attached hydrogen (secondary N) is 1. The number of carbonyl (C=O) groups excluding carboxylic acids is 2. The second-order valence-electron chi connectivity index (χ2n) is 12.9. The Kier molecular flexibility index (Phi) is 10.2. The first kappa shape index (κ1) is 33.7. The van der Waals surface area contributed by atoms with Crippen LogP contribution in [0.3, 0.4) is 0 Å². The van der Waals surface area contributed by atoms with Gasteiger partial charge in [-0.15, -0.1) is 0 Å². The number of nitrogens with zero attached hydrogens (tertiary/aromatic N) is 4. The Morgan fingerprint density at radius 1 is 0.902 bits per heavy atom. The molecule has 0 spiro atoms. The molecule has 11 nitrogen and oxygen atoms in total. The Bertz CT molecular complexity index is 2030. The predicted octanol–water partition coefficient (Wildman–Crippen LogP) is 6.39. The number of hydrogen-bond acceptors (Lipinski definition) is 9. The largest absolute Gasteiger partial charge is 0.491 e. The highest BCUT2D eigenvalue weighted by molar-refractivity contribution is 6.04. The molecule has 1 atom stereocenters.